The van der Waals surface area contributed by atoms with Crippen LogP contribution in [0.3, 0.4) is 0 Å². The molecule has 2 rings (SSSR count). The van der Waals surface area contributed by atoms with E-state index in [0.717, 1.165) is 32.2 Å². The molecule has 0 spiro atoms. The molecule has 0 aromatic rings. The monoisotopic (exact) mass is 205 g/mol. The molecule has 1 N–H and O–H groups in total. The second kappa shape index (κ2) is 3.22. The summed E-state index contributed by atoms with van der Waals surface area (Å²) in [5.74, 6) is 1.26. The second-order valence-electron chi connectivity index (χ2n) is 4.07. The molecule has 0 amide bonds. The topological polar surface area (TPSA) is 55.4 Å². The van der Waals surface area contributed by atoms with Gasteiger partial charge >= 0.3 is 0 Å². The molecule has 2 unspecified atom stereocenters. The minimum Gasteiger partial charge on any atom is -0.316 e. The maximum atomic E-state index is 10.9. The van der Waals surface area contributed by atoms with E-state index in [4.69, 9.17) is 4.18 Å². The molecule has 1 aliphatic carbocycles. The summed E-state index contributed by atoms with van der Waals surface area (Å²) in [6.07, 6.45) is 2.85. The molecule has 76 valence electrons. The minimum atomic E-state index is -3.26. The average Bonchev–Trinajstić information content (AvgIpc) is 2.40. The highest BCUT2D eigenvalue weighted by Crippen LogP contribution is 2.36. The Labute approximate surface area is 78.8 Å². The minimum absolute atomic E-state index is 0.0629. The molecule has 0 bridgehead atoms. The maximum absolute atomic E-state index is 10.9. The zero-order valence-electron chi connectivity index (χ0n) is 7.69. The van der Waals surface area contributed by atoms with Gasteiger partial charge in [-0.15, -0.1) is 0 Å². The van der Waals surface area contributed by atoms with Crippen LogP contribution in [0.15, 0.2) is 0 Å². The predicted octanol–water partition coefficient (Wildman–Crippen LogP) is -0.0394. The fourth-order valence-electron chi connectivity index (χ4n) is 2.44. The zero-order valence-corrected chi connectivity index (χ0v) is 8.51. The first-order valence-corrected chi connectivity index (χ1v) is 6.45. The lowest BCUT2D eigenvalue weighted by atomic mass is 10.0. The highest BCUT2D eigenvalue weighted by molar-refractivity contribution is 7.86. The van der Waals surface area contributed by atoms with Crippen LogP contribution < -0.4 is 5.32 Å². The van der Waals surface area contributed by atoms with Crippen molar-refractivity contribution >= 4 is 10.1 Å². The number of nitrogens with one attached hydrogen (secondary N) is 1. The molecule has 0 aromatic heterocycles. The molecule has 4 nitrogen and oxygen atoms in total. The van der Waals surface area contributed by atoms with Crippen molar-refractivity contribution in [3.05, 3.63) is 0 Å². The van der Waals surface area contributed by atoms with Gasteiger partial charge in [-0.2, -0.15) is 8.42 Å². The molecule has 1 saturated heterocycles. The summed E-state index contributed by atoms with van der Waals surface area (Å²) in [5, 5.41) is 3.30. The van der Waals surface area contributed by atoms with Crippen LogP contribution in [-0.2, 0) is 14.3 Å². The molecule has 0 aromatic carbocycles. The van der Waals surface area contributed by atoms with Gasteiger partial charge in [-0.25, -0.2) is 0 Å². The Hall–Kier alpha value is -0.130. The van der Waals surface area contributed by atoms with Crippen LogP contribution in [0.4, 0.5) is 0 Å². The highest BCUT2D eigenvalue weighted by Gasteiger charge is 2.38. The van der Waals surface area contributed by atoms with Crippen molar-refractivity contribution in [2.24, 2.45) is 11.8 Å². The lowest BCUT2D eigenvalue weighted by Gasteiger charge is -2.09. The first-order chi connectivity index (χ1) is 6.04. The van der Waals surface area contributed by atoms with E-state index in [9.17, 15) is 8.42 Å². The van der Waals surface area contributed by atoms with Gasteiger partial charge in [-0.05, 0) is 37.8 Å². The molecule has 1 saturated carbocycles. The van der Waals surface area contributed by atoms with Crippen molar-refractivity contribution < 1.29 is 12.6 Å². The Morgan fingerprint density at radius 1 is 1.23 bits per heavy atom. The van der Waals surface area contributed by atoms with Gasteiger partial charge in [0.2, 0.25) is 0 Å². The van der Waals surface area contributed by atoms with Crippen molar-refractivity contribution in [3.8, 4) is 0 Å². The van der Waals surface area contributed by atoms with E-state index in [1.807, 2.05) is 0 Å². The molecule has 1 heterocycles. The van der Waals surface area contributed by atoms with Crippen molar-refractivity contribution in [2.75, 3.05) is 19.3 Å². The van der Waals surface area contributed by atoms with E-state index in [2.05, 4.69) is 5.32 Å². The molecule has 2 aliphatic rings. The van der Waals surface area contributed by atoms with Crippen LogP contribution in [0.25, 0.3) is 0 Å². The third-order valence-electron chi connectivity index (χ3n) is 2.92. The van der Waals surface area contributed by atoms with Gasteiger partial charge in [0.15, 0.2) is 0 Å². The van der Waals surface area contributed by atoms with Gasteiger partial charge in [-0.3, -0.25) is 4.18 Å². The highest BCUT2D eigenvalue weighted by atomic mass is 32.2. The Morgan fingerprint density at radius 3 is 2.23 bits per heavy atom. The van der Waals surface area contributed by atoms with Gasteiger partial charge < -0.3 is 5.32 Å². The molecule has 13 heavy (non-hydrogen) atoms. The summed E-state index contributed by atoms with van der Waals surface area (Å²) in [5.41, 5.74) is 0. The van der Waals surface area contributed by atoms with E-state index in [1.54, 1.807) is 0 Å². The Morgan fingerprint density at radius 2 is 1.77 bits per heavy atom. The second-order valence-corrected chi connectivity index (χ2v) is 5.67. The SMILES string of the molecule is CS(=O)(=O)OC1CC2CNCC2C1. The largest absolute Gasteiger partial charge is 0.316 e. The van der Waals surface area contributed by atoms with Crippen molar-refractivity contribution in [3.63, 3.8) is 0 Å². The van der Waals surface area contributed by atoms with E-state index in [1.165, 1.54) is 0 Å². The van der Waals surface area contributed by atoms with Crippen molar-refractivity contribution in [1.29, 1.82) is 0 Å². The van der Waals surface area contributed by atoms with E-state index >= 15 is 0 Å². The summed E-state index contributed by atoms with van der Waals surface area (Å²) in [7, 11) is -3.26. The summed E-state index contributed by atoms with van der Waals surface area (Å²) in [6.45, 7) is 2.04. The lowest BCUT2D eigenvalue weighted by Crippen LogP contribution is -2.18. The molecule has 2 fully saturated rings. The van der Waals surface area contributed by atoms with Gasteiger partial charge in [0, 0.05) is 0 Å². The van der Waals surface area contributed by atoms with Crippen molar-refractivity contribution in [1.82, 2.24) is 5.32 Å². The molecular formula is C8H15NO3S. The summed E-state index contributed by atoms with van der Waals surface area (Å²) in [6, 6.07) is 0. The van der Waals surface area contributed by atoms with Gasteiger partial charge in [-0.1, -0.05) is 0 Å². The third-order valence-corrected chi connectivity index (χ3v) is 3.54. The molecule has 1 aliphatic heterocycles. The van der Waals surface area contributed by atoms with Gasteiger partial charge in [0.1, 0.15) is 0 Å². The molecule has 5 heteroatoms. The predicted molar refractivity (Wildman–Crippen MR) is 48.8 cm³/mol. The van der Waals surface area contributed by atoms with Crippen LogP contribution in [0.5, 0.6) is 0 Å². The first kappa shape index (κ1) is 9.43. The molecule has 0 radical (unpaired) electrons. The Kier molecular flexibility index (Phi) is 2.33. The Bertz CT molecular complexity index is 276. The van der Waals surface area contributed by atoms with Crippen LogP contribution in [0.2, 0.25) is 0 Å². The normalized spacial score (nSPS) is 39.3. The number of fused-ring (bicyclic) bond motifs is 1. The lowest BCUT2D eigenvalue weighted by molar-refractivity contribution is 0.209. The number of rotatable bonds is 2. The van der Waals surface area contributed by atoms with Gasteiger partial charge in [0.05, 0.1) is 12.4 Å². The van der Waals surface area contributed by atoms with Crippen LogP contribution in [0, 0.1) is 11.8 Å². The first-order valence-electron chi connectivity index (χ1n) is 4.63. The van der Waals surface area contributed by atoms with Crippen LogP contribution >= 0.6 is 0 Å². The van der Waals surface area contributed by atoms with E-state index in [0.29, 0.717) is 11.8 Å². The van der Waals surface area contributed by atoms with E-state index in [-0.39, 0.29) is 6.10 Å². The fraction of sp³-hybridized carbons (Fsp3) is 1.00. The van der Waals surface area contributed by atoms with Crippen molar-refractivity contribution in [2.45, 2.75) is 18.9 Å². The molecule has 2 atom stereocenters. The standard InChI is InChI=1S/C8H15NO3S/c1-13(10,11)12-8-2-6-4-9-5-7(6)3-8/h6-9H,2-5H2,1H3. The number of hydrogen-bond acceptors (Lipinski definition) is 4. The van der Waals surface area contributed by atoms with Crippen LogP contribution in [0.1, 0.15) is 12.8 Å². The number of hydrogen-bond donors (Lipinski definition) is 1. The van der Waals surface area contributed by atoms with Crippen LogP contribution in [-0.4, -0.2) is 33.9 Å². The van der Waals surface area contributed by atoms with E-state index < -0.39 is 10.1 Å². The zero-order chi connectivity index (χ0) is 9.47. The fourth-order valence-corrected chi connectivity index (χ4v) is 3.09. The Balaban J connectivity index is 1.92. The quantitative estimate of drug-likeness (QED) is 0.643. The summed E-state index contributed by atoms with van der Waals surface area (Å²) < 4.78 is 26.7. The maximum Gasteiger partial charge on any atom is 0.264 e. The molecular weight excluding hydrogens is 190 g/mol. The summed E-state index contributed by atoms with van der Waals surface area (Å²) in [4.78, 5) is 0. The van der Waals surface area contributed by atoms with Gasteiger partial charge in [0.25, 0.3) is 10.1 Å². The average molecular weight is 205 g/mol. The third kappa shape index (κ3) is 2.21. The summed E-state index contributed by atoms with van der Waals surface area (Å²) >= 11 is 0. The smallest absolute Gasteiger partial charge is 0.264 e.